The minimum absolute atomic E-state index is 0.0234. The number of amides is 1. The second-order valence-corrected chi connectivity index (χ2v) is 12.3. The number of nitrogens with two attached hydrogens (primary N) is 1. The Balaban J connectivity index is 3.04. The van der Waals surface area contributed by atoms with Crippen LogP contribution >= 0.6 is 0 Å². The lowest BCUT2D eigenvalue weighted by Gasteiger charge is -2.30. The molecule has 1 aromatic carbocycles. The van der Waals surface area contributed by atoms with E-state index in [1.807, 2.05) is 32.0 Å². The van der Waals surface area contributed by atoms with E-state index in [9.17, 15) is 20.2 Å². The van der Waals surface area contributed by atoms with Crippen molar-refractivity contribution in [3.8, 4) is 11.5 Å². The lowest BCUT2D eigenvalue weighted by molar-refractivity contribution is -0.128. The molecule has 0 radical (unpaired) electrons. The zero-order chi connectivity index (χ0) is 31.2. The van der Waals surface area contributed by atoms with Gasteiger partial charge in [-0.05, 0) is 66.7 Å². The van der Waals surface area contributed by atoms with Crippen LogP contribution in [-0.2, 0) is 20.7 Å². The minimum Gasteiger partial charge on any atom is -0.493 e. The molecule has 0 unspecified atom stereocenters. The molecular weight excluding hydrogens is 524 g/mol. The Kier molecular flexibility index (Phi) is 15.8. The summed E-state index contributed by atoms with van der Waals surface area (Å²) in [6, 6.07) is 5.17. The Morgan fingerprint density at radius 1 is 1.07 bits per heavy atom. The van der Waals surface area contributed by atoms with Crippen LogP contribution in [0.15, 0.2) is 23.3 Å². The maximum absolute atomic E-state index is 13.1. The summed E-state index contributed by atoms with van der Waals surface area (Å²) in [7, 11) is 3.26. The van der Waals surface area contributed by atoms with Crippen molar-refractivity contribution in [3.05, 3.63) is 34.2 Å². The predicted octanol–water partition coefficient (Wildman–Crippen LogP) is 5.88. The molecule has 0 heterocycles. The number of azide groups is 1. The van der Waals surface area contributed by atoms with Gasteiger partial charge in [0, 0.05) is 42.8 Å². The number of hydrogen-bond acceptors (Lipinski definition) is 7. The Morgan fingerprint density at radius 3 is 2.29 bits per heavy atom. The Bertz CT molecular complexity index is 1010. The zero-order valence-electron chi connectivity index (χ0n) is 26.3. The number of aliphatic hydroxyl groups is 1. The van der Waals surface area contributed by atoms with Crippen LogP contribution in [0.3, 0.4) is 0 Å². The van der Waals surface area contributed by atoms with E-state index in [-0.39, 0.29) is 36.4 Å². The van der Waals surface area contributed by atoms with Crippen molar-refractivity contribution in [2.75, 3.05) is 27.4 Å². The largest absolute Gasteiger partial charge is 0.493 e. The van der Waals surface area contributed by atoms with Crippen molar-refractivity contribution in [1.29, 1.82) is 0 Å². The van der Waals surface area contributed by atoms with Gasteiger partial charge in [-0.15, -0.1) is 0 Å². The fourth-order valence-corrected chi connectivity index (χ4v) is 4.83. The summed E-state index contributed by atoms with van der Waals surface area (Å²) in [5.41, 5.74) is 15.1. The van der Waals surface area contributed by atoms with Gasteiger partial charge in [-0.25, -0.2) is 0 Å². The number of aliphatic hydroxyl groups excluding tert-OH is 1. The highest BCUT2D eigenvalue weighted by molar-refractivity contribution is 5.84. The molecule has 0 aliphatic rings. The molecule has 1 amide bonds. The number of ether oxygens (including phenoxy) is 3. The molecule has 1 rings (SSSR count). The molecule has 41 heavy (non-hydrogen) atoms. The average molecular weight is 577 g/mol. The molecule has 0 fully saturated rings. The smallest absolute Gasteiger partial charge is 0.223 e. The van der Waals surface area contributed by atoms with Crippen LogP contribution in [0, 0.1) is 29.1 Å². The summed E-state index contributed by atoms with van der Waals surface area (Å²) in [5, 5.41) is 15.2. The summed E-state index contributed by atoms with van der Waals surface area (Å²) >= 11 is 0. The van der Waals surface area contributed by atoms with Crippen molar-refractivity contribution >= 4 is 11.7 Å². The SMILES string of the molecule is COCCCOc1cc(C[C@@H](C[C@H](N=[N+]=[N-])[C@@H](O)C[C@H](C(=O)CCC(C)(C)C(N)=O)C(C)C)C(C)C)ccc1OC. The molecule has 0 aromatic heterocycles. The van der Waals surface area contributed by atoms with E-state index in [2.05, 4.69) is 23.9 Å². The van der Waals surface area contributed by atoms with E-state index < -0.39 is 29.4 Å². The number of hydrogen-bond donors (Lipinski definition) is 2. The number of Topliss-reactive ketones (excluding diaryl/α,β-unsaturated/α-hetero) is 1. The Labute approximate surface area is 245 Å². The average Bonchev–Trinajstić information content (AvgIpc) is 2.91. The Hall–Kier alpha value is -2.81. The zero-order valence-corrected chi connectivity index (χ0v) is 26.3. The number of ketones is 1. The van der Waals surface area contributed by atoms with E-state index in [4.69, 9.17) is 19.9 Å². The molecule has 10 nitrogen and oxygen atoms in total. The molecule has 232 valence electrons. The lowest BCUT2D eigenvalue weighted by atomic mass is 9.78. The van der Waals surface area contributed by atoms with Gasteiger partial charge in [0.1, 0.15) is 5.78 Å². The van der Waals surface area contributed by atoms with Gasteiger partial charge in [0.25, 0.3) is 0 Å². The topological polar surface area (TPSA) is 157 Å². The first-order valence-electron chi connectivity index (χ1n) is 14.6. The number of methoxy groups -OCH3 is 2. The van der Waals surface area contributed by atoms with Crippen molar-refractivity contribution in [2.24, 2.45) is 39.9 Å². The number of primary amides is 1. The first kappa shape index (κ1) is 36.2. The maximum atomic E-state index is 13.1. The van der Waals surface area contributed by atoms with Crippen LogP contribution in [0.2, 0.25) is 0 Å². The van der Waals surface area contributed by atoms with Gasteiger partial charge in [0.2, 0.25) is 5.91 Å². The summed E-state index contributed by atoms with van der Waals surface area (Å²) in [5.74, 6) is 0.724. The van der Waals surface area contributed by atoms with Crippen LogP contribution in [0.4, 0.5) is 0 Å². The van der Waals surface area contributed by atoms with E-state index >= 15 is 0 Å². The highest BCUT2D eigenvalue weighted by atomic mass is 16.5. The summed E-state index contributed by atoms with van der Waals surface area (Å²) in [6.45, 7) is 12.7. The van der Waals surface area contributed by atoms with Gasteiger partial charge in [0.15, 0.2) is 11.5 Å². The molecule has 0 spiro atoms. The van der Waals surface area contributed by atoms with Crippen LogP contribution in [0.5, 0.6) is 11.5 Å². The number of carbonyl (C=O) groups is 2. The molecule has 0 saturated carbocycles. The van der Waals surface area contributed by atoms with Crippen LogP contribution < -0.4 is 15.2 Å². The third-order valence-corrected chi connectivity index (χ3v) is 7.98. The quantitative estimate of drug-likeness (QED) is 0.0805. The second-order valence-electron chi connectivity index (χ2n) is 12.3. The van der Waals surface area contributed by atoms with Crippen LogP contribution in [0.1, 0.15) is 79.2 Å². The lowest BCUT2D eigenvalue weighted by Crippen LogP contribution is -2.35. The van der Waals surface area contributed by atoms with Crippen molar-refractivity contribution in [2.45, 2.75) is 92.2 Å². The summed E-state index contributed by atoms with van der Waals surface area (Å²) in [4.78, 5) is 27.9. The molecule has 0 aliphatic carbocycles. The van der Waals surface area contributed by atoms with Crippen molar-refractivity contribution in [1.82, 2.24) is 0 Å². The molecule has 0 bridgehead atoms. The molecule has 0 saturated heterocycles. The van der Waals surface area contributed by atoms with Crippen molar-refractivity contribution < 1.29 is 28.9 Å². The minimum atomic E-state index is -0.983. The predicted molar refractivity (Wildman–Crippen MR) is 161 cm³/mol. The summed E-state index contributed by atoms with van der Waals surface area (Å²) in [6.07, 6.45) is 1.65. The van der Waals surface area contributed by atoms with Crippen LogP contribution in [0.25, 0.3) is 10.4 Å². The fraction of sp³-hybridized carbons (Fsp3) is 0.742. The molecule has 10 heteroatoms. The highest BCUT2D eigenvalue weighted by Crippen LogP contribution is 2.33. The fourth-order valence-electron chi connectivity index (χ4n) is 4.83. The maximum Gasteiger partial charge on any atom is 0.223 e. The molecule has 1 aromatic rings. The number of nitrogens with zero attached hydrogens (tertiary/aromatic N) is 3. The first-order chi connectivity index (χ1) is 19.3. The van der Waals surface area contributed by atoms with E-state index in [1.54, 1.807) is 28.1 Å². The molecular formula is C31H52N4O6. The first-order valence-corrected chi connectivity index (χ1v) is 14.6. The van der Waals surface area contributed by atoms with E-state index in [1.165, 1.54) is 0 Å². The van der Waals surface area contributed by atoms with E-state index in [0.29, 0.717) is 44.0 Å². The number of carbonyl (C=O) groups excluding carboxylic acids is 2. The number of rotatable bonds is 21. The van der Waals surface area contributed by atoms with Gasteiger partial charge in [0.05, 0.1) is 25.9 Å². The van der Waals surface area contributed by atoms with Crippen molar-refractivity contribution in [3.63, 3.8) is 0 Å². The monoisotopic (exact) mass is 576 g/mol. The standard InChI is InChI=1S/C31H52N4O6/c1-20(2)23(16-22-10-11-28(40-8)29(17-22)41-15-9-14-39-7)18-25(34-35-33)27(37)19-24(21(3)4)26(36)12-13-31(5,6)30(32)38/h10-11,17,20-21,23-25,27,37H,9,12-16,18-19H2,1-8H3,(H2,32,38)/t23-,24-,25-,27-/m0/s1. The van der Waals surface area contributed by atoms with E-state index in [0.717, 1.165) is 12.0 Å². The Morgan fingerprint density at radius 2 is 1.76 bits per heavy atom. The summed E-state index contributed by atoms with van der Waals surface area (Å²) < 4.78 is 16.5. The third kappa shape index (κ3) is 12.3. The van der Waals surface area contributed by atoms with Gasteiger partial charge < -0.3 is 25.1 Å². The van der Waals surface area contributed by atoms with Crippen LogP contribution in [-0.4, -0.2) is 56.4 Å². The number of benzene rings is 1. The van der Waals surface area contributed by atoms with Gasteiger partial charge in [-0.3, -0.25) is 9.59 Å². The third-order valence-electron chi connectivity index (χ3n) is 7.98. The van der Waals surface area contributed by atoms with Gasteiger partial charge in [-0.2, -0.15) is 0 Å². The normalized spacial score (nSPS) is 14.7. The molecule has 3 N–H and O–H groups in total. The van der Waals surface area contributed by atoms with Gasteiger partial charge in [-0.1, -0.05) is 52.7 Å². The second kappa shape index (κ2) is 17.9. The van der Waals surface area contributed by atoms with Gasteiger partial charge >= 0.3 is 0 Å². The molecule has 0 aliphatic heterocycles. The molecule has 4 atom stereocenters. The highest BCUT2D eigenvalue weighted by Gasteiger charge is 2.33.